The van der Waals surface area contributed by atoms with Crippen molar-refractivity contribution in [2.75, 3.05) is 0 Å². The molecule has 0 saturated carbocycles. The van der Waals surface area contributed by atoms with Gasteiger partial charge in [-0.3, -0.25) is 0 Å². The van der Waals surface area contributed by atoms with E-state index < -0.39 is 23.9 Å². The van der Waals surface area contributed by atoms with Crippen molar-refractivity contribution in [1.82, 2.24) is 4.98 Å². The van der Waals surface area contributed by atoms with Crippen LogP contribution in [0.3, 0.4) is 0 Å². The summed E-state index contributed by atoms with van der Waals surface area (Å²) in [6.07, 6.45) is 0. The lowest BCUT2D eigenvalue weighted by molar-refractivity contribution is 0.0676. The van der Waals surface area contributed by atoms with Crippen LogP contribution in [0.15, 0.2) is 78.9 Å². The topological polar surface area (TPSA) is 162 Å². The van der Waals surface area contributed by atoms with Crippen LogP contribution in [0.2, 0.25) is 0 Å². The average Bonchev–Trinajstić information content (AvgIpc) is 2.90. The molecule has 9 heteroatoms. The maximum absolute atomic E-state index is 11.5. The molecule has 0 atom stereocenters. The second-order valence-corrected chi connectivity index (χ2v) is 8.62. The molecule has 0 radical (unpaired) electrons. The molecule has 0 aliphatic heterocycles. The fraction of sp³-hybridized carbons (Fsp3) is 0. The Bertz CT molecular complexity index is 1650. The number of nitrogens with zero attached hydrogens (tertiary/aromatic N) is 1. The van der Waals surface area contributed by atoms with E-state index in [0.29, 0.717) is 44.1 Å². The minimum absolute atomic E-state index is 0.148. The Balaban J connectivity index is 1.64. The zero-order chi connectivity index (χ0) is 27.1. The van der Waals surface area contributed by atoms with Gasteiger partial charge in [-0.2, -0.15) is 0 Å². The molecule has 5 aromatic rings. The first-order valence-corrected chi connectivity index (χ1v) is 11.2. The number of fused-ring (bicyclic) bond motifs is 2. The number of hydrogen-bond donors (Lipinski definition) is 4. The van der Waals surface area contributed by atoms with Crippen LogP contribution in [0, 0.1) is 0 Å². The summed E-state index contributed by atoms with van der Waals surface area (Å²) >= 11 is 0. The van der Waals surface area contributed by atoms with Gasteiger partial charge in [-0.1, -0.05) is 12.1 Å². The number of carboxylic acids is 4. The molecule has 4 aromatic carbocycles. The monoisotopic (exact) mass is 507 g/mol. The van der Waals surface area contributed by atoms with Gasteiger partial charge in [0.15, 0.2) is 0 Å². The van der Waals surface area contributed by atoms with Crippen LogP contribution in [0.4, 0.5) is 0 Å². The van der Waals surface area contributed by atoms with Gasteiger partial charge in [0, 0.05) is 10.8 Å². The zero-order valence-electron chi connectivity index (χ0n) is 19.4. The smallest absolute Gasteiger partial charge is 0.335 e. The van der Waals surface area contributed by atoms with Gasteiger partial charge in [-0.25, -0.2) is 24.2 Å². The summed E-state index contributed by atoms with van der Waals surface area (Å²) in [6, 6.07) is 20.2. The maximum Gasteiger partial charge on any atom is 0.335 e. The highest BCUT2D eigenvalue weighted by Crippen LogP contribution is 2.31. The standard InChI is InChI=1S/C29H17NO8/c31-26(32)20-7-16(8-21(12-20)27(33)34)14-1-3-24-18(5-14)11-19-6-15(2-4-25(19)30-24)17-9-22(28(35)36)13-23(10-17)29(37)38/h1-13H,(H,31,32)(H,33,34)(H,35,36)(H,37,38). The first-order valence-electron chi connectivity index (χ1n) is 11.2. The zero-order valence-corrected chi connectivity index (χ0v) is 19.4. The van der Waals surface area contributed by atoms with Gasteiger partial charge >= 0.3 is 23.9 Å². The third-order valence-corrected chi connectivity index (χ3v) is 6.13. The summed E-state index contributed by atoms with van der Waals surface area (Å²) in [5, 5.41) is 39.0. The van der Waals surface area contributed by atoms with Crippen LogP contribution < -0.4 is 0 Å². The van der Waals surface area contributed by atoms with Crippen LogP contribution >= 0.6 is 0 Å². The molecular weight excluding hydrogens is 490 g/mol. The van der Waals surface area contributed by atoms with Gasteiger partial charge in [0.1, 0.15) is 0 Å². The predicted molar refractivity (Wildman–Crippen MR) is 138 cm³/mol. The molecule has 0 amide bonds. The molecule has 186 valence electrons. The van der Waals surface area contributed by atoms with Gasteiger partial charge in [-0.15, -0.1) is 0 Å². The SMILES string of the molecule is O=C(O)c1cc(C(=O)O)cc(-c2ccc3nc4ccc(-c5cc(C(=O)O)cc(C(=O)O)c5)cc4cc3c2)c1. The number of carboxylic acid groups (broad SMARTS) is 4. The molecule has 4 N–H and O–H groups in total. The lowest BCUT2D eigenvalue weighted by atomic mass is 9.96. The van der Waals surface area contributed by atoms with Crippen molar-refractivity contribution in [1.29, 1.82) is 0 Å². The number of aromatic nitrogens is 1. The van der Waals surface area contributed by atoms with E-state index in [-0.39, 0.29) is 22.3 Å². The number of hydrogen-bond acceptors (Lipinski definition) is 5. The van der Waals surface area contributed by atoms with Crippen molar-refractivity contribution in [3.8, 4) is 22.3 Å². The highest BCUT2D eigenvalue weighted by molar-refractivity contribution is 6.00. The van der Waals surface area contributed by atoms with Gasteiger partial charge in [0.05, 0.1) is 33.3 Å². The minimum atomic E-state index is -1.24. The fourth-order valence-electron chi connectivity index (χ4n) is 4.28. The summed E-state index contributed by atoms with van der Waals surface area (Å²) < 4.78 is 0. The first kappa shape index (κ1) is 24.1. The Morgan fingerprint density at radius 3 is 1.08 bits per heavy atom. The highest BCUT2D eigenvalue weighted by Gasteiger charge is 2.15. The Labute approximate surface area is 213 Å². The molecular formula is C29H17NO8. The number of carbonyl (C=O) groups is 4. The Hall–Kier alpha value is -5.57. The fourth-order valence-corrected chi connectivity index (χ4v) is 4.28. The van der Waals surface area contributed by atoms with E-state index in [1.165, 1.54) is 24.3 Å². The molecule has 1 heterocycles. The second kappa shape index (κ2) is 9.14. The van der Waals surface area contributed by atoms with Crippen molar-refractivity contribution < 1.29 is 39.6 Å². The largest absolute Gasteiger partial charge is 0.478 e. The van der Waals surface area contributed by atoms with E-state index in [2.05, 4.69) is 4.98 Å². The molecule has 9 nitrogen and oxygen atoms in total. The van der Waals surface area contributed by atoms with Gasteiger partial charge in [-0.05, 0) is 89.0 Å². The van der Waals surface area contributed by atoms with Crippen LogP contribution in [0.25, 0.3) is 44.1 Å². The lowest BCUT2D eigenvalue weighted by Gasteiger charge is -2.10. The molecule has 0 aliphatic rings. The molecule has 0 fully saturated rings. The van der Waals surface area contributed by atoms with Crippen LogP contribution in [-0.2, 0) is 0 Å². The molecule has 0 aliphatic carbocycles. The van der Waals surface area contributed by atoms with Crippen LogP contribution in [0.5, 0.6) is 0 Å². The van der Waals surface area contributed by atoms with E-state index in [9.17, 15) is 39.6 Å². The average molecular weight is 507 g/mol. The normalized spacial score (nSPS) is 10.9. The first-order chi connectivity index (χ1) is 18.1. The van der Waals surface area contributed by atoms with E-state index in [1.807, 2.05) is 6.07 Å². The van der Waals surface area contributed by atoms with E-state index in [4.69, 9.17) is 0 Å². The summed E-state index contributed by atoms with van der Waals surface area (Å²) in [7, 11) is 0. The highest BCUT2D eigenvalue weighted by atomic mass is 16.4. The molecule has 0 spiro atoms. The lowest BCUT2D eigenvalue weighted by Crippen LogP contribution is -2.03. The van der Waals surface area contributed by atoms with Crippen LogP contribution in [0.1, 0.15) is 41.4 Å². The molecule has 1 aromatic heterocycles. The summed E-state index contributed by atoms with van der Waals surface area (Å²) in [4.78, 5) is 50.7. The van der Waals surface area contributed by atoms with Gasteiger partial charge < -0.3 is 20.4 Å². The molecule has 0 saturated heterocycles. The van der Waals surface area contributed by atoms with Gasteiger partial charge in [0.25, 0.3) is 0 Å². The third-order valence-electron chi connectivity index (χ3n) is 6.13. The van der Waals surface area contributed by atoms with Crippen molar-refractivity contribution >= 4 is 45.7 Å². The minimum Gasteiger partial charge on any atom is -0.478 e. The Morgan fingerprint density at radius 2 is 0.763 bits per heavy atom. The summed E-state index contributed by atoms with van der Waals surface area (Å²) in [5.41, 5.74) is 2.76. The van der Waals surface area contributed by atoms with E-state index >= 15 is 0 Å². The Kier molecular flexibility index (Phi) is 5.81. The molecule has 5 rings (SSSR count). The molecule has 38 heavy (non-hydrogen) atoms. The number of benzene rings is 4. The van der Waals surface area contributed by atoms with Crippen molar-refractivity contribution in [3.63, 3.8) is 0 Å². The number of pyridine rings is 1. The van der Waals surface area contributed by atoms with Gasteiger partial charge in [0.2, 0.25) is 0 Å². The molecule has 0 bridgehead atoms. The third kappa shape index (κ3) is 4.51. The predicted octanol–water partition coefficient (Wildman–Crippen LogP) is 5.51. The summed E-state index contributed by atoms with van der Waals surface area (Å²) in [5.74, 6) is -4.97. The summed E-state index contributed by atoms with van der Waals surface area (Å²) in [6.45, 7) is 0. The van der Waals surface area contributed by atoms with Crippen molar-refractivity contribution in [2.24, 2.45) is 0 Å². The van der Waals surface area contributed by atoms with E-state index in [0.717, 1.165) is 12.1 Å². The maximum atomic E-state index is 11.5. The van der Waals surface area contributed by atoms with Crippen LogP contribution in [-0.4, -0.2) is 49.3 Å². The van der Waals surface area contributed by atoms with E-state index in [1.54, 1.807) is 36.4 Å². The second-order valence-electron chi connectivity index (χ2n) is 8.62. The van der Waals surface area contributed by atoms with Crippen molar-refractivity contribution in [3.05, 3.63) is 101 Å². The van der Waals surface area contributed by atoms with Crippen molar-refractivity contribution in [2.45, 2.75) is 0 Å². The quantitative estimate of drug-likeness (QED) is 0.217. The number of aromatic carboxylic acids is 4. The molecule has 0 unspecified atom stereocenters. The Morgan fingerprint density at radius 1 is 0.421 bits per heavy atom. The number of rotatable bonds is 6.